The fourth-order valence-corrected chi connectivity index (χ4v) is 4.92. The number of piperidine rings is 1. The Morgan fingerprint density at radius 3 is 2.57 bits per heavy atom. The molecule has 0 aromatic rings. The fourth-order valence-electron chi connectivity index (χ4n) is 4.92. The largest absolute Gasteiger partial charge is 0.339 e. The van der Waals surface area contributed by atoms with Crippen LogP contribution in [-0.2, 0) is 4.79 Å². The van der Waals surface area contributed by atoms with Crippen molar-refractivity contribution in [3.05, 3.63) is 0 Å². The monoisotopic (exact) mass is 342 g/mol. The molecular weight excluding hydrogens is 308 g/mol. The van der Waals surface area contributed by atoms with Gasteiger partial charge < -0.3 is 10.2 Å². The van der Waals surface area contributed by atoms with E-state index in [4.69, 9.17) is 0 Å². The second-order valence-corrected chi connectivity index (χ2v) is 7.99. The van der Waals surface area contributed by atoms with E-state index >= 15 is 0 Å². The molecule has 1 unspecified atom stereocenters. The van der Waals surface area contributed by atoms with Crippen LogP contribution in [0.2, 0.25) is 0 Å². The first kappa shape index (κ1) is 19.1. The summed E-state index contributed by atoms with van der Waals surface area (Å²) in [4.78, 5) is 15.2. The number of carbonyl (C=O) groups is 1. The van der Waals surface area contributed by atoms with Crippen LogP contribution in [0.4, 0.5) is 0 Å². The molecule has 0 aromatic heterocycles. The molecule has 3 rings (SSSR count). The average molecular weight is 343 g/mol. The van der Waals surface area contributed by atoms with Crippen LogP contribution in [0.5, 0.6) is 0 Å². The van der Waals surface area contributed by atoms with E-state index in [1.54, 1.807) is 0 Å². The van der Waals surface area contributed by atoms with Crippen LogP contribution < -0.4 is 5.32 Å². The Kier molecular flexibility index (Phi) is 7.68. The van der Waals surface area contributed by atoms with E-state index in [2.05, 4.69) is 17.1 Å². The van der Waals surface area contributed by atoms with Gasteiger partial charge in [-0.1, -0.05) is 32.1 Å². The lowest BCUT2D eigenvalue weighted by Gasteiger charge is -2.34. The Morgan fingerprint density at radius 2 is 1.83 bits per heavy atom. The lowest BCUT2D eigenvalue weighted by atomic mass is 9.85. The zero-order valence-corrected chi connectivity index (χ0v) is 15.6. The maximum atomic E-state index is 12.9. The van der Waals surface area contributed by atoms with Gasteiger partial charge >= 0.3 is 0 Å². The lowest BCUT2D eigenvalue weighted by molar-refractivity contribution is -0.137. The van der Waals surface area contributed by atoms with Crippen molar-refractivity contribution in [1.82, 2.24) is 10.2 Å². The van der Waals surface area contributed by atoms with Crippen molar-refractivity contribution in [3.63, 3.8) is 0 Å². The van der Waals surface area contributed by atoms with Gasteiger partial charge in [-0.2, -0.15) is 0 Å². The Labute approximate surface area is 148 Å². The third-order valence-electron chi connectivity index (χ3n) is 6.27. The van der Waals surface area contributed by atoms with Gasteiger partial charge in [-0.05, 0) is 57.9 Å². The summed E-state index contributed by atoms with van der Waals surface area (Å²) in [5.74, 6) is 1.70. The number of nitrogens with zero attached hydrogens (tertiary/aromatic N) is 1. The number of nitrogens with one attached hydrogen (secondary N) is 1. The summed E-state index contributed by atoms with van der Waals surface area (Å²) in [7, 11) is 0. The minimum atomic E-state index is 0. The van der Waals surface area contributed by atoms with E-state index in [0.29, 0.717) is 18.0 Å². The van der Waals surface area contributed by atoms with Crippen LogP contribution in [0.3, 0.4) is 0 Å². The third-order valence-corrected chi connectivity index (χ3v) is 6.27. The van der Waals surface area contributed by atoms with Gasteiger partial charge in [0.1, 0.15) is 0 Å². The fraction of sp³-hybridized carbons (Fsp3) is 0.947. The molecule has 3 nitrogen and oxygen atoms in total. The molecule has 0 bridgehead atoms. The molecule has 2 aliphatic heterocycles. The zero-order chi connectivity index (χ0) is 15.4. The first-order valence-electron chi connectivity index (χ1n) is 9.78. The predicted octanol–water partition coefficient (Wildman–Crippen LogP) is 4.15. The smallest absolute Gasteiger partial charge is 0.226 e. The van der Waals surface area contributed by atoms with Crippen LogP contribution in [0.1, 0.15) is 77.6 Å². The molecule has 4 heteroatoms. The topological polar surface area (TPSA) is 32.3 Å². The SMILES string of the molecule is C[C@H]1C[C@@H](C(=O)N2CCCC2CCC2CCCCC2)CCN1.Cl. The molecule has 3 fully saturated rings. The molecule has 134 valence electrons. The summed E-state index contributed by atoms with van der Waals surface area (Å²) in [5.41, 5.74) is 0. The van der Waals surface area contributed by atoms with Crippen LogP contribution in [0, 0.1) is 11.8 Å². The first-order valence-corrected chi connectivity index (χ1v) is 9.78. The number of likely N-dealkylation sites (tertiary alicyclic amines) is 1. The predicted molar refractivity (Wildman–Crippen MR) is 98.0 cm³/mol. The molecule has 2 heterocycles. The molecule has 0 radical (unpaired) electrons. The summed E-state index contributed by atoms with van der Waals surface area (Å²) in [5, 5.41) is 3.47. The Hall–Kier alpha value is -0.280. The van der Waals surface area contributed by atoms with Gasteiger partial charge in [-0.15, -0.1) is 12.4 Å². The van der Waals surface area contributed by atoms with Gasteiger partial charge in [0.05, 0.1) is 0 Å². The molecular formula is C19H35ClN2O. The number of hydrogen-bond donors (Lipinski definition) is 1. The van der Waals surface area contributed by atoms with Gasteiger partial charge in [-0.25, -0.2) is 0 Å². The maximum Gasteiger partial charge on any atom is 0.226 e. The first-order chi connectivity index (χ1) is 10.7. The molecule has 1 amide bonds. The van der Waals surface area contributed by atoms with Crippen molar-refractivity contribution in [2.45, 2.75) is 89.6 Å². The Bertz CT molecular complexity index is 370. The van der Waals surface area contributed by atoms with Gasteiger partial charge in [-0.3, -0.25) is 4.79 Å². The standard InChI is InChI=1S/C19H34N2O.ClH/c1-15-14-17(11-12-20-15)19(22)21-13-5-8-18(21)10-9-16-6-3-2-4-7-16;/h15-18,20H,2-14H2,1H3;1H/t15-,17-,18?;/m0./s1. The van der Waals surface area contributed by atoms with Crippen molar-refractivity contribution >= 4 is 18.3 Å². The molecule has 1 saturated carbocycles. The minimum absolute atomic E-state index is 0. The van der Waals surface area contributed by atoms with Crippen molar-refractivity contribution in [1.29, 1.82) is 0 Å². The highest BCUT2D eigenvalue weighted by Gasteiger charge is 2.34. The normalized spacial score (nSPS) is 32.6. The quantitative estimate of drug-likeness (QED) is 0.832. The molecule has 1 aliphatic carbocycles. The van der Waals surface area contributed by atoms with Gasteiger partial charge in [0.2, 0.25) is 5.91 Å². The van der Waals surface area contributed by atoms with Crippen molar-refractivity contribution in [2.24, 2.45) is 11.8 Å². The second-order valence-electron chi connectivity index (χ2n) is 7.99. The van der Waals surface area contributed by atoms with Crippen LogP contribution in [0.25, 0.3) is 0 Å². The van der Waals surface area contributed by atoms with Crippen molar-refractivity contribution < 1.29 is 4.79 Å². The van der Waals surface area contributed by atoms with E-state index in [0.717, 1.165) is 31.8 Å². The number of hydrogen-bond acceptors (Lipinski definition) is 2. The highest BCUT2D eigenvalue weighted by molar-refractivity contribution is 5.85. The molecule has 23 heavy (non-hydrogen) atoms. The van der Waals surface area contributed by atoms with E-state index in [1.807, 2.05) is 0 Å². The van der Waals surface area contributed by atoms with E-state index in [-0.39, 0.29) is 18.3 Å². The molecule has 1 N–H and O–H groups in total. The Balaban J connectivity index is 0.00000192. The van der Waals surface area contributed by atoms with Crippen LogP contribution in [-0.4, -0.2) is 36.0 Å². The second kappa shape index (κ2) is 9.27. The van der Waals surface area contributed by atoms with Crippen LogP contribution >= 0.6 is 12.4 Å². The number of halogens is 1. The molecule has 3 aliphatic rings. The lowest BCUT2D eigenvalue weighted by Crippen LogP contribution is -2.45. The van der Waals surface area contributed by atoms with Gasteiger partial charge in [0, 0.05) is 24.5 Å². The summed E-state index contributed by atoms with van der Waals surface area (Å²) >= 11 is 0. The minimum Gasteiger partial charge on any atom is -0.339 e. The van der Waals surface area contributed by atoms with E-state index < -0.39 is 0 Å². The number of amides is 1. The highest BCUT2D eigenvalue weighted by atomic mass is 35.5. The maximum absolute atomic E-state index is 12.9. The summed E-state index contributed by atoms with van der Waals surface area (Å²) in [6, 6.07) is 1.06. The summed E-state index contributed by atoms with van der Waals surface area (Å²) in [6.45, 7) is 4.24. The average Bonchev–Trinajstić information content (AvgIpc) is 3.01. The molecule has 0 aromatic carbocycles. The molecule has 0 spiro atoms. The summed E-state index contributed by atoms with van der Waals surface area (Å²) in [6.07, 6.45) is 14.3. The van der Waals surface area contributed by atoms with Gasteiger partial charge in [0.25, 0.3) is 0 Å². The van der Waals surface area contributed by atoms with Crippen LogP contribution in [0.15, 0.2) is 0 Å². The molecule has 3 atom stereocenters. The van der Waals surface area contributed by atoms with Crippen molar-refractivity contribution in [3.8, 4) is 0 Å². The number of carbonyl (C=O) groups excluding carboxylic acids is 1. The van der Waals surface area contributed by atoms with Crippen molar-refractivity contribution in [2.75, 3.05) is 13.1 Å². The number of rotatable bonds is 4. The molecule has 2 saturated heterocycles. The highest BCUT2D eigenvalue weighted by Crippen LogP contribution is 2.32. The third kappa shape index (κ3) is 5.09. The zero-order valence-electron chi connectivity index (χ0n) is 14.8. The van der Waals surface area contributed by atoms with E-state index in [1.165, 1.54) is 57.8 Å². The van der Waals surface area contributed by atoms with E-state index in [9.17, 15) is 4.79 Å². The van der Waals surface area contributed by atoms with Gasteiger partial charge in [0.15, 0.2) is 0 Å². The summed E-state index contributed by atoms with van der Waals surface area (Å²) < 4.78 is 0. The Morgan fingerprint density at radius 1 is 1.04 bits per heavy atom.